The molecule has 0 spiro atoms. The molecule has 1 saturated heterocycles. The van der Waals surface area contributed by atoms with Crippen molar-refractivity contribution in [3.63, 3.8) is 0 Å². The van der Waals surface area contributed by atoms with E-state index in [1.54, 1.807) is 11.9 Å². The van der Waals surface area contributed by atoms with E-state index < -0.39 is 18.0 Å². The van der Waals surface area contributed by atoms with E-state index in [2.05, 4.69) is 38.2 Å². The lowest BCUT2D eigenvalue weighted by atomic mass is 9.95. The third kappa shape index (κ3) is 6.92. The second kappa shape index (κ2) is 13.9. The van der Waals surface area contributed by atoms with E-state index in [0.29, 0.717) is 25.7 Å². The summed E-state index contributed by atoms with van der Waals surface area (Å²) in [6.45, 7) is 1.53. The zero-order valence-corrected chi connectivity index (χ0v) is 26.0. The molecular weight excluding hydrogens is 580 g/mol. The summed E-state index contributed by atoms with van der Waals surface area (Å²) >= 11 is 0. The van der Waals surface area contributed by atoms with Crippen molar-refractivity contribution in [2.75, 3.05) is 27.2 Å². The van der Waals surface area contributed by atoms with Crippen molar-refractivity contribution in [1.29, 1.82) is 0 Å². The van der Waals surface area contributed by atoms with Crippen molar-refractivity contribution < 1.29 is 18.9 Å². The molecule has 1 aliphatic rings. The fourth-order valence-corrected chi connectivity index (χ4v) is 6.13. The van der Waals surface area contributed by atoms with Crippen molar-refractivity contribution in [3.05, 3.63) is 108 Å². The first-order valence-electron chi connectivity index (χ1n) is 15.7. The predicted molar refractivity (Wildman–Crippen MR) is 176 cm³/mol. The number of hydrogen-bond donors (Lipinski definition) is 3. The highest BCUT2D eigenvalue weighted by atomic mass is 16.5. The Labute approximate surface area is 267 Å². The molecule has 0 bridgehead atoms. The van der Waals surface area contributed by atoms with E-state index in [-0.39, 0.29) is 29.4 Å². The average Bonchev–Trinajstić information content (AvgIpc) is 3.60. The smallest absolute Gasteiger partial charge is 0.292 e. The number of aromatic nitrogens is 2. The maximum atomic E-state index is 14.5. The van der Waals surface area contributed by atoms with Crippen LogP contribution in [-0.2, 0) is 22.4 Å². The number of nitrogens with zero attached hydrogens (tertiary/aromatic N) is 3. The summed E-state index contributed by atoms with van der Waals surface area (Å²) in [6.07, 6.45) is 2.09. The number of amides is 3. The van der Waals surface area contributed by atoms with Crippen molar-refractivity contribution in [2.45, 2.75) is 37.8 Å². The molecule has 3 amide bonds. The van der Waals surface area contributed by atoms with Crippen molar-refractivity contribution in [3.8, 4) is 0 Å². The van der Waals surface area contributed by atoms with Crippen LogP contribution in [0.3, 0.4) is 0 Å². The van der Waals surface area contributed by atoms with E-state index in [0.717, 1.165) is 45.8 Å². The fourth-order valence-electron chi connectivity index (χ4n) is 6.13. The molecule has 236 valence electrons. The summed E-state index contributed by atoms with van der Waals surface area (Å²) in [5.74, 6) is -1.05. The monoisotopic (exact) mass is 618 g/mol. The highest BCUT2D eigenvalue weighted by Crippen LogP contribution is 2.27. The third-order valence-electron chi connectivity index (χ3n) is 8.79. The van der Waals surface area contributed by atoms with Gasteiger partial charge in [-0.25, -0.2) is 0 Å². The first-order valence-corrected chi connectivity index (χ1v) is 15.7. The molecule has 1 aliphatic heterocycles. The van der Waals surface area contributed by atoms with Crippen LogP contribution >= 0.6 is 0 Å². The van der Waals surface area contributed by atoms with Gasteiger partial charge in [0.2, 0.25) is 17.7 Å². The number of fused-ring (bicyclic) bond motifs is 2. The van der Waals surface area contributed by atoms with Gasteiger partial charge in [0.25, 0.3) is 11.7 Å². The predicted octanol–water partition coefficient (Wildman–Crippen LogP) is 4.20. The summed E-state index contributed by atoms with van der Waals surface area (Å²) in [7, 11) is 3.17. The Morgan fingerprint density at radius 2 is 1.46 bits per heavy atom. The second-order valence-electron chi connectivity index (χ2n) is 11.9. The summed E-state index contributed by atoms with van der Waals surface area (Å²) in [5.41, 5.74) is 1.88. The quantitative estimate of drug-likeness (QED) is 0.214. The van der Waals surface area contributed by atoms with Gasteiger partial charge in [0.05, 0.1) is 0 Å². The lowest BCUT2D eigenvalue weighted by Gasteiger charge is -2.31. The van der Waals surface area contributed by atoms with Gasteiger partial charge in [-0.3, -0.25) is 14.4 Å². The first-order chi connectivity index (χ1) is 22.4. The number of likely N-dealkylation sites (N-methyl/N-ethyl adjacent to an activating group) is 1. The van der Waals surface area contributed by atoms with Crippen LogP contribution in [0.1, 0.15) is 46.5 Å². The Hall–Kier alpha value is -5.09. The largest absolute Gasteiger partial charge is 0.352 e. The number of carbonyl (C=O) groups excluding carboxylic acids is 3. The molecule has 5 aromatic rings. The molecule has 0 radical (unpaired) electrons. The Bertz CT molecular complexity index is 1860. The molecule has 3 N–H and O–H groups in total. The molecule has 0 saturated carbocycles. The minimum absolute atomic E-state index is 0.117. The Kier molecular flexibility index (Phi) is 9.35. The molecule has 4 aromatic carbocycles. The van der Waals surface area contributed by atoms with Gasteiger partial charge in [0, 0.05) is 32.9 Å². The van der Waals surface area contributed by atoms with Crippen LogP contribution in [0.4, 0.5) is 0 Å². The van der Waals surface area contributed by atoms with Gasteiger partial charge in [0.15, 0.2) is 0 Å². The number of carbonyl (C=O) groups is 3. The molecular formula is C36H38N6O4. The number of rotatable bonds is 10. The minimum Gasteiger partial charge on any atom is -0.352 e. The number of piperidine rings is 1. The Morgan fingerprint density at radius 1 is 0.870 bits per heavy atom. The zero-order valence-electron chi connectivity index (χ0n) is 26.0. The molecule has 1 fully saturated rings. The molecule has 2 unspecified atom stereocenters. The summed E-state index contributed by atoms with van der Waals surface area (Å²) in [4.78, 5) is 46.2. The average molecular weight is 619 g/mol. The van der Waals surface area contributed by atoms with Crippen molar-refractivity contribution in [2.24, 2.45) is 5.92 Å². The molecule has 0 aliphatic carbocycles. The summed E-state index contributed by atoms with van der Waals surface area (Å²) in [6, 6.07) is 26.8. The number of hydrogen-bond acceptors (Lipinski definition) is 7. The third-order valence-corrected chi connectivity index (χ3v) is 8.79. The number of benzene rings is 4. The first kappa shape index (κ1) is 30.9. The molecule has 46 heavy (non-hydrogen) atoms. The van der Waals surface area contributed by atoms with Crippen LogP contribution in [0.25, 0.3) is 21.5 Å². The van der Waals surface area contributed by atoms with Gasteiger partial charge < -0.3 is 25.4 Å². The second-order valence-corrected chi connectivity index (χ2v) is 11.9. The van der Waals surface area contributed by atoms with Crippen LogP contribution in [0, 0.1) is 5.92 Å². The lowest BCUT2D eigenvalue weighted by molar-refractivity contribution is -0.138. The standard InChI is InChI=1S/C36H38N6O4/c1-37-34(44)32-40-35(46-41-32)31(22-24-12-14-26-8-4-6-10-29(26)20-24)42(2)36(45)30(39-33(43)27-15-17-38-18-16-27)21-23-11-13-25-7-3-5-9-28(25)19-23/h3-14,19-20,27,30-31,38H,15-18,21-22H2,1-2H3,(H,37,44)(H,39,43). The van der Waals surface area contributed by atoms with Gasteiger partial charge >= 0.3 is 0 Å². The van der Waals surface area contributed by atoms with Crippen LogP contribution in [-0.4, -0.2) is 66.0 Å². The Balaban J connectivity index is 1.33. The highest BCUT2D eigenvalue weighted by Gasteiger charge is 2.34. The van der Waals surface area contributed by atoms with E-state index in [4.69, 9.17) is 4.52 Å². The molecule has 6 rings (SSSR count). The maximum Gasteiger partial charge on any atom is 0.292 e. The van der Waals surface area contributed by atoms with Gasteiger partial charge in [-0.15, -0.1) is 0 Å². The molecule has 1 aromatic heterocycles. The number of nitrogens with one attached hydrogen (secondary N) is 3. The van der Waals surface area contributed by atoms with Crippen molar-refractivity contribution in [1.82, 2.24) is 31.0 Å². The van der Waals surface area contributed by atoms with E-state index in [1.165, 1.54) is 7.05 Å². The van der Waals surface area contributed by atoms with Crippen LogP contribution < -0.4 is 16.0 Å². The van der Waals surface area contributed by atoms with Crippen LogP contribution in [0.5, 0.6) is 0 Å². The molecule has 2 heterocycles. The Morgan fingerprint density at radius 3 is 2.07 bits per heavy atom. The van der Waals surface area contributed by atoms with E-state index in [1.807, 2.05) is 72.8 Å². The normalized spacial score (nSPS) is 14.9. The van der Waals surface area contributed by atoms with Crippen LogP contribution in [0.15, 0.2) is 89.5 Å². The maximum absolute atomic E-state index is 14.5. The highest BCUT2D eigenvalue weighted by molar-refractivity contribution is 5.91. The van der Waals surface area contributed by atoms with E-state index >= 15 is 0 Å². The zero-order chi connectivity index (χ0) is 32.0. The fraction of sp³-hybridized carbons (Fsp3) is 0.306. The van der Waals surface area contributed by atoms with Crippen LogP contribution in [0.2, 0.25) is 0 Å². The topological polar surface area (TPSA) is 129 Å². The van der Waals surface area contributed by atoms with Crippen molar-refractivity contribution >= 4 is 39.3 Å². The molecule has 10 heteroatoms. The van der Waals surface area contributed by atoms with E-state index in [9.17, 15) is 14.4 Å². The van der Waals surface area contributed by atoms with Gasteiger partial charge in [-0.05, 0) is 58.6 Å². The van der Waals surface area contributed by atoms with Gasteiger partial charge in [-0.1, -0.05) is 90.1 Å². The molecule has 2 atom stereocenters. The van der Waals surface area contributed by atoms with Gasteiger partial charge in [0.1, 0.15) is 12.1 Å². The van der Waals surface area contributed by atoms with Gasteiger partial charge in [-0.2, -0.15) is 4.98 Å². The lowest BCUT2D eigenvalue weighted by Crippen LogP contribution is -2.52. The SMILES string of the molecule is CNC(=O)c1noc(C(Cc2ccc3ccccc3c2)N(C)C(=O)C(Cc2ccc3ccccc3c2)NC(=O)C2CCNCC2)n1. The molecule has 10 nitrogen and oxygen atoms in total. The summed E-state index contributed by atoms with van der Waals surface area (Å²) in [5, 5.41) is 17.1. The summed E-state index contributed by atoms with van der Waals surface area (Å²) < 4.78 is 5.59. The minimum atomic E-state index is -0.839.